The Morgan fingerprint density at radius 2 is 1.69 bits per heavy atom. The molecular weight excluding hydrogens is 232 g/mol. The fourth-order valence-electron chi connectivity index (χ4n) is 1.27. The van der Waals surface area contributed by atoms with Crippen molar-refractivity contribution in [1.29, 1.82) is 0 Å². The molecule has 0 aromatic rings. The molecule has 0 fully saturated rings. The molecule has 0 unspecified atom stereocenters. The van der Waals surface area contributed by atoms with Crippen LogP contribution in [0.1, 0.15) is 13.8 Å². The Morgan fingerprint density at radius 1 is 1.00 bits per heavy atom. The minimum absolute atomic E-state index is 1.22. The zero-order valence-corrected chi connectivity index (χ0v) is 11.3. The molecular formula is C14H16S2. The minimum Gasteiger partial charge on any atom is -0.0990 e. The van der Waals surface area contributed by atoms with Gasteiger partial charge in [0.15, 0.2) is 0 Å². The largest absolute Gasteiger partial charge is 0.0990 e. The molecule has 0 atom stereocenters. The molecule has 1 rings (SSSR count). The normalized spacial score (nSPS) is 22.1. The highest BCUT2D eigenvalue weighted by Gasteiger charge is 2.17. The Bertz CT molecular complexity index is 406. The van der Waals surface area contributed by atoms with E-state index in [1.165, 1.54) is 19.6 Å². The van der Waals surface area contributed by atoms with Gasteiger partial charge in [-0.15, -0.1) is 0 Å². The highest BCUT2D eigenvalue weighted by molar-refractivity contribution is 8.15. The molecule has 0 bridgehead atoms. The molecule has 1 aliphatic heterocycles. The maximum Gasteiger partial charge on any atom is 0.0258 e. The summed E-state index contributed by atoms with van der Waals surface area (Å²) in [7, 11) is 0. The first-order valence-corrected chi connectivity index (χ1v) is 6.74. The van der Waals surface area contributed by atoms with Gasteiger partial charge in [0.25, 0.3) is 0 Å². The van der Waals surface area contributed by atoms with Crippen molar-refractivity contribution in [2.45, 2.75) is 13.8 Å². The Hall–Kier alpha value is -0.860. The monoisotopic (exact) mass is 248 g/mol. The Morgan fingerprint density at radius 3 is 2.19 bits per heavy atom. The lowest BCUT2D eigenvalue weighted by Gasteiger charge is -2.20. The molecule has 0 aliphatic carbocycles. The van der Waals surface area contributed by atoms with Gasteiger partial charge in [0.1, 0.15) is 0 Å². The van der Waals surface area contributed by atoms with E-state index < -0.39 is 0 Å². The average molecular weight is 248 g/mol. The Labute approximate surface area is 107 Å². The zero-order chi connectivity index (χ0) is 12.0. The van der Waals surface area contributed by atoms with Crippen LogP contribution in [0.15, 0.2) is 69.2 Å². The van der Waals surface area contributed by atoms with Gasteiger partial charge in [0.05, 0.1) is 0 Å². The standard InChI is InChI=1S/C14H16S2/c1-5-9-13-11(7-3)15-12(8-4)14(16-13)10-6-2/h5-10H,1,4H2,2-3H3/b10-6-,11-7+,13-9+. The highest BCUT2D eigenvalue weighted by atomic mass is 32.2. The molecule has 1 aliphatic rings. The van der Waals surface area contributed by atoms with Crippen LogP contribution in [-0.2, 0) is 0 Å². The van der Waals surface area contributed by atoms with Crippen molar-refractivity contribution in [3.63, 3.8) is 0 Å². The summed E-state index contributed by atoms with van der Waals surface area (Å²) in [5.74, 6) is 0. The zero-order valence-electron chi connectivity index (χ0n) is 9.69. The summed E-state index contributed by atoms with van der Waals surface area (Å²) in [6.45, 7) is 11.7. The lowest BCUT2D eigenvalue weighted by Crippen LogP contribution is -1.92. The molecule has 0 amide bonds. The summed E-state index contributed by atoms with van der Waals surface area (Å²) in [6, 6.07) is 0. The summed E-state index contributed by atoms with van der Waals surface area (Å²) in [5.41, 5.74) is 0. The highest BCUT2D eigenvalue weighted by Crippen LogP contribution is 2.48. The van der Waals surface area contributed by atoms with Gasteiger partial charge in [-0.25, -0.2) is 0 Å². The van der Waals surface area contributed by atoms with Gasteiger partial charge in [0, 0.05) is 19.6 Å². The molecule has 0 saturated carbocycles. The number of hydrogen-bond donors (Lipinski definition) is 0. The Kier molecular flexibility index (Phi) is 5.50. The molecule has 0 aromatic carbocycles. The molecule has 2 heteroatoms. The average Bonchev–Trinajstić information content (AvgIpc) is 2.30. The molecule has 0 N–H and O–H groups in total. The van der Waals surface area contributed by atoms with E-state index >= 15 is 0 Å². The second-order valence-electron chi connectivity index (χ2n) is 3.06. The fourth-order valence-corrected chi connectivity index (χ4v) is 3.56. The van der Waals surface area contributed by atoms with E-state index in [9.17, 15) is 0 Å². The topological polar surface area (TPSA) is 0 Å². The van der Waals surface area contributed by atoms with Crippen LogP contribution in [-0.4, -0.2) is 0 Å². The lowest BCUT2D eigenvalue weighted by molar-refractivity contribution is 1.65. The number of thioether (sulfide) groups is 2. The maximum absolute atomic E-state index is 3.86. The summed E-state index contributed by atoms with van der Waals surface area (Å²) in [5, 5.41) is 0. The summed E-state index contributed by atoms with van der Waals surface area (Å²) in [4.78, 5) is 4.99. The fraction of sp³-hybridized carbons (Fsp3) is 0.143. The van der Waals surface area contributed by atoms with E-state index in [0.29, 0.717) is 0 Å². The van der Waals surface area contributed by atoms with Crippen LogP contribution >= 0.6 is 23.5 Å². The smallest absolute Gasteiger partial charge is 0.0258 e. The molecule has 1 heterocycles. The van der Waals surface area contributed by atoms with Crippen LogP contribution in [0.25, 0.3) is 0 Å². The van der Waals surface area contributed by atoms with Crippen LogP contribution in [0.4, 0.5) is 0 Å². The SMILES string of the molecule is C=C/C=C1/SC(/C=C\C)=C(C=C)S/C1=C/C. The number of allylic oxidation sites excluding steroid dienone is 6. The molecule has 0 radical (unpaired) electrons. The van der Waals surface area contributed by atoms with Gasteiger partial charge in [-0.1, -0.05) is 67.1 Å². The summed E-state index contributed by atoms with van der Waals surface area (Å²) >= 11 is 3.53. The van der Waals surface area contributed by atoms with Gasteiger partial charge in [-0.3, -0.25) is 0 Å². The van der Waals surface area contributed by atoms with Gasteiger partial charge in [0.2, 0.25) is 0 Å². The van der Waals surface area contributed by atoms with Crippen molar-refractivity contribution >= 4 is 23.5 Å². The first-order chi connectivity index (χ1) is 7.76. The Balaban J connectivity index is 3.17. The van der Waals surface area contributed by atoms with Crippen LogP contribution in [0.5, 0.6) is 0 Å². The van der Waals surface area contributed by atoms with E-state index in [1.807, 2.05) is 19.1 Å². The van der Waals surface area contributed by atoms with E-state index in [0.717, 1.165) is 0 Å². The molecule has 0 saturated heterocycles. The third-order valence-corrected chi connectivity index (χ3v) is 4.65. The molecule has 0 nitrogen and oxygen atoms in total. The summed E-state index contributed by atoms with van der Waals surface area (Å²) in [6.07, 6.45) is 12.1. The van der Waals surface area contributed by atoms with E-state index in [-0.39, 0.29) is 0 Å². The van der Waals surface area contributed by atoms with Crippen LogP contribution < -0.4 is 0 Å². The quantitative estimate of drug-likeness (QED) is 0.654. The van der Waals surface area contributed by atoms with Crippen molar-refractivity contribution in [3.8, 4) is 0 Å². The minimum atomic E-state index is 1.22. The van der Waals surface area contributed by atoms with Gasteiger partial charge < -0.3 is 0 Å². The van der Waals surface area contributed by atoms with Gasteiger partial charge in [-0.2, -0.15) is 0 Å². The van der Waals surface area contributed by atoms with Gasteiger partial charge >= 0.3 is 0 Å². The van der Waals surface area contributed by atoms with Crippen molar-refractivity contribution in [1.82, 2.24) is 0 Å². The molecule has 0 aromatic heterocycles. The van der Waals surface area contributed by atoms with Crippen molar-refractivity contribution < 1.29 is 0 Å². The predicted octanol–water partition coefficient (Wildman–Crippen LogP) is 5.41. The second-order valence-corrected chi connectivity index (χ2v) is 5.22. The van der Waals surface area contributed by atoms with Crippen LogP contribution in [0, 0.1) is 0 Å². The van der Waals surface area contributed by atoms with E-state index in [4.69, 9.17) is 0 Å². The lowest BCUT2D eigenvalue weighted by atomic mass is 10.4. The first kappa shape index (κ1) is 13.2. The van der Waals surface area contributed by atoms with E-state index in [2.05, 4.69) is 44.4 Å². The third-order valence-electron chi connectivity index (χ3n) is 1.96. The summed E-state index contributed by atoms with van der Waals surface area (Å²) < 4.78 is 0. The molecule has 84 valence electrons. The number of hydrogen-bond acceptors (Lipinski definition) is 2. The molecule has 0 spiro atoms. The van der Waals surface area contributed by atoms with Crippen molar-refractivity contribution in [2.75, 3.05) is 0 Å². The van der Waals surface area contributed by atoms with Crippen molar-refractivity contribution in [3.05, 3.63) is 69.2 Å². The van der Waals surface area contributed by atoms with Crippen LogP contribution in [0.3, 0.4) is 0 Å². The maximum atomic E-state index is 3.86. The first-order valence-electron chi connectivity index (χ1n) is 5.11. The van der Waals surface area contributed by atoms with Crippen LogP contribution in [0.2, 0.25) is 0 Å². The van der Waals surface area contributed by atoms with Gasteiger partial charge in [-0.05, 0) is 19.9 Å². The van der Waals surface area contributed by atoms with Crippen molar-refractivity contribution in [2.24, 2.45) is 0 Å². The number of rotatable bonds is 3. The molecule has 16 heavy (non-hydrogen) atoms. The second kappa shape index (κ2) is 6.66. The van der Waals surface area contributed by atoms with E-state index in [1.54, 1.807) is 23.5 Å². The third kappa shape index (κ3) is 3.06. The predicted molar refractivity (Wildman–Crippen MR) is 79.3 cm³/mol.